The zero-order valence-corrected chi connectivity index (χ0v) is 6.13. The first-order valence-corrected chi connectivity index (χ1v) is 2.93. The van der Waals surface area contributed by atoms with E-state index in [0.717, 1.165) is 0 Å². The van der Waals surface area contributed by atoms with Crippen molar-refractivity contribution < 1.29 is 4.79 Å². The third kappa shape index (κ3) is 3.72. The van der Waals surface area contributed by atoms with Crippen LogP contribution >= 0.6 is 0 Å². The second-order valence-corrected chi connectivity index (χ2v) is 1.87. The number of amides is 1. The number of likely N-dealkylation sites (N-methyl/N-ethyl adjacent to an activating group) is 1. The Morgan fingerprint density at radius 2 is 2.30 bits per heavy atom. The molecular weight excluding hydrogens is 128 g/mol. The smallest absolute Gasteiger partial charge is 0.243 e. The molecule has 0 aromatic carbocycles. The summed E-state index contributed by atoms with van der Waals surface area (Å²) < 4.78 is 0. The van der Waals surface area contributed by atoms with Crippen LogP contribution in [-0.2, 0) is 4.79 Å². The van der Waals surface area contributed by atoms with Crippen LogP contribution in [0.15, 0.2) is 25.6 Å². The van der Waals surface area contributed by atoms with Crippen molar-refractivity contribution in [1.29, 1.82) is 0 Å². The lowest BCUT2D eigenvalue weighted by Crippen LogP contribution is -2.29. The lowest BCUT2D eigenvalue weighted by atomic mass is 10.5. The summed E-state index contributed by atoms with van der Waals surface area (Å²) in [6.45, 7) is 7.17. The number of hydrogen-bond donors (Lipinski definition) is 1. The van der Waals surface area contributed by atoms with E-state index in [9.17, 15) is 4.79 Å². The normalized spacial score (nSPS) is 8.10. The Bertz CT molecular complexity index is 143. The fourth-order valence-electron chi connectivity index (χ4n) is 0.451. The molecule has 0 rings (SSSR count). The molecule has 0 aliphatic heterocycles. The van der Waals surface area contributed by atoms with Crippen molar-refractivity contribution in [2.45, 2.75) is 0 Å². The maximum atomic E-state index is 10.7. The van der Waals surface area contributed by atoms with E-state index < -0.39 is 0 Å². The summed E-state index contributed by atoms with van der Waals surface area (Å²) in [6, 6.07) is 0. The third-order valence-corrected chi connectivity index (χ3v) is 0.968. The molecule has 0 atom stereocenters. The molecule has 0 saturated heterocycles. The summed E-state index contributed by atoms with van der Waals surface area (Å²) in [4.78, 5) is 12.4. The van der Waals surface area contributed by atoms with Crippen molar-refractivity contribution in [3.63, 3.8) is 0 Å². The monoisotopic (exact) mass is 140 g/mol. The van der Waals surface area contributed by atoms with Gasteiger partial charge in [-0.25, -0.2) is 0 Å². The molecule has 0 aromatic heterocycles. The Morgan fingerprint density at radius 1 is 1.70 bits per heavy atom. The van der Waals surface area contributed by atoms with Crippen LogP contribution in [0.3, 0.4) is 0 Å². The topological polar surface area (TPSA) is 32.3 Å². The van der Waals surface area contributed by atoms with Gasteiger partial charge in [0.15, 0.2) is 0 Å². The maximum absolute atomic E-state index is 10.7. The van der Waals surface area contributed by atoms with E-state index in [1.807, 2.05) is 0 Å². The molecule has 10 heavy (non-hydrogen) atoms. The lowest BCUT2D eigenvalue weighted by molar-refractivity contribution is -0.120. The molecular formula is C7H12N2O. The van der Waals surface area contributed by atoms with Crippen LogP contribution in [0.5, 0.6) is 0 Å². The Morgan fingerprint density at radius 3 is 2.70 bits per heavy atom. The largest absolute Gasteiger partial charge is 0.372 e. The number of hydrogen-bond acceptors (Lipinski definition) is 2. The second kappa shape index (κ2) is 4.61. The fraction of sp³-hybridized carbons (Fsp3) is 0.286. The molecule has 3 heteroatoms. The minimum absolute atomic E-state index is 0.0857. The van der Waals surface area contributed by atoms with Gasteiger partial charge in [0.2, 0.25) is 5.91 Å². The lowest BCUT2D eigenvalue weighted by Gasteiger charge is -2.10. The minimum Gasteiger partial charge on any atom is -0.372 e. The van der Waals surface area contributed by atoms with Crippen molar-refractivity contribution in [1.82, 2.24) is 10.2 Å². The highest BCUT2D eigenvalue weighted by Gasteiger charge is 1.98. The van der Waals surface area contributed by atoms with Crippen molar-refractivity contribution in [2.24, 2.45) is 0 Å². The summed E-state index contributed by atoms with van der Waals surface area (Å²) in [5, 5.41) is 2.45. The van der Waals surface area contributed by atoms with Crippen LogP contribution in [0.1, 0.15) is 0 Å². The highest BCUT2D eigenvalue weighted by molar-refractivity contribution is 5.78. The third-order valence-electron chi connectivity index (χ3n) is 0.968. The van der Waals surface area contributed by atoms with Gasteiger partial charge in [0.1, 0.15) is 0 Å². The molecule has 1 amide bonds. The van der Waals surface area contributed by atoms with E-state index in [0.29, 0.717) is 6.54 Å². The van der Waals surface area contributed by atoms with Crippen molar-refractivity contribution in [2.75, 3.05) is 13.6 Å². The molecule has 0 bridgehead atoms. The molecule has 1 N–H and O–H groups in total. The Labute approximate surface area is 61.0 Å². The van der Waals surface area contributed by atoms with E-state index in [-0.39, 0.29) is 5.91 Å². The van der Waals surface area contributed by atoms with Crippen molar-refractivity contribution >= 4 is 5.91 Å². The molecule has 3 nitrogen and oxygen atoms in total. The van der Waals surface area contributed by atoms with Gasteiger partial charge in [-0.15, -0.1) is 0 Å². The zero-order valence-electron chi connectivity index (χ0n) is 6.13. The molecule has 0 aliphatic carbocycles. The first kappa shape index (κ1) is 8.75. The molecule has 0 radical (unpaired) electrons. The number of carbonyl (C=O) groups excluding carboxylic acids is 1. The molecule has 56 valence electrons. The van der Waals surface area contributed by atoms with E-state index >= 15 is 0 Å². The predicted molar refractivity (Wildman–Crippen MR) is 41.2 cm³/mol. The number of rotatable bonds is 4. The van der Waals surface area contributed by atoms with Crippen LogP contribution in [0.4, 0.5) is 0 Å². The minimum atomic E-state index is -0.0857. The van der Waals surface area contributed by atoms with E-state index in [1.165, 1.54) is 6.20 Å². The molecule has 0 heterocycles. The molecule has 0 fully saturated rings. The number of nitrogens with one attached hydrogen (secondary N) is 1. The van der Waals surface area contributed by atoms with Crippen molar-refractivity contribution in [3.8, 4) is 0 Å². The van der Waals surface area contributed by atoms with Crippen LogP contribution in [0.25, 0.3) is 0 Å². The van der Waals surface area contributed by atoms with Gasteiger partial charge in [-0.3, -0.25) is 4.79 Å². The van der Waals surface area contributed by atoms with Crippen LogP contribution < -0.4 is 5.32 Å². The number of nitrogens with zero attached hydrogens (tertiary/aromatic N) is 1. The van der Waals surface area contributed by atoms with Crippen LogP contribution in [0, 0.1) is 0 Å². The van der Waals surface area contributed by atoms with Gasteiger partial charge in [0.25, 0.3) is 0 Å². The summed E-state index contributed by atoms with van der Waals surface area (Å²) in [7, 11) is 1.77. The van der Waals surface area contributed by atoms with Gasteiger partial charge in [-0.2, -0.15) is 0 Å². The summed E-state index contributed by atoms with van der Waals surface area (Å²) in [5.74, 6) is -0.0857. The Kier molecular flexibility index (Phi) is 4.04. The van der Waals surface area contributed by atoms with Crippen LogP contribution in [-0.4, -0.2) is 24.4 Å². The molecule has 0 saturated carbocycles. The highest BCUT2D eigenvalue weighted by atomic mass is 16.1. The highest BCUT2D eigenvalue weighted by Crippen LogP contribution is 1.79. The van der Waals surface area contributed by atoms with Crippen LogP contribution in [0.2, 0.25) is 0 Å². The van der Waals surface area contributed by atoms with Gasteiger partial charge < -0.3 is 10.2 Å². The SMILES string of the molecule is C=CNC(=O)CN(C)C=C. The van der Waals surface area contributed by atoms with Gasteiger partial charge in [0, 0.05) is 7.05 Å². The summed E-state index contributed by atoms with van der Waals surface area (Å²) >= 11 is 0. The van der Waals surface area contributed by atoms with E-state index in [1.54, 1.807) is 18.1 Å². The molecule has 0 aromatic rings. The standard InChI is InChI=1S/C7H12N2O/c1-4-8-7(10)6-9(3)5-2/h4-5H,1-2,6H2,3H3,(H,8,10). The fourth-order valence-corrected chi connectivity index (χ4v) is 0.451. The summed E-state index contributed by atoms with van der Waals surface area (Å²) in [6.07, 6.45) is 2.95. The Hall–Kier alpha value is -1.25. The van der Waals surface area contributed by atoms with Crippen molar-refractivity contribution in [3.05, 3.63) is 25.6 Å². The second-order valence-electron chi connectivity index (χ2n) is 1.87. The average molecular weight is 140 g/mol. The van der Waals surface area contributed by atoms with E-state index in [2.05, 4.69) is 18.5 Å². The van der Waals surface area contributed by atoms with E-state index in [4.69, 9.17) is 0 Å². The first-order chi connectivity index (χ1) is 4.70. The van der Waals surface area contributed by atoms with Gasteiger partial charge in [-0.05, 0) is 12.4 Å². The quantitative estimate of drug-likeness (QED) is 0.610. The van der Waals surface area contributed by atoms with Gasteiger partial charge in [0.05, 0.1) is 6.54 Å². The number of carbonyl (C=O) groups is 1. The molecule has 0 aliphatic rings. The average Bonchev–Trinajstić information content (AvgIpc) is 1.88. The molecule has 0 unspecified atom stereocenters. The predicted octanol–water partition coefficient (Wildman–Crippen LogP) is 0.321. The maximum Gasteiger partial charge on any atom is 0.243 e. The molecule has 0 spiro atoms. The zero-order chi connectivity index (χ0) is 7.98. The Balaban J connectivity index is 3.56. The van der Waals surface area contributed by atoms with Gasteiger partial charge >= 0.3 is 0 Å². The van der Waals surface area contributed by atoms with Gasteiger partial charge in [-0.1, -0.05) is 13.2 Å². The first-order valence-electron chi connectivity index (χ1n) is 2.93. The summed E-state index contributed by atoms with van der Waals surface area (Å²) in [5.41, 5.74) is 0.